The second-order valence-electron chi connectivity index (χ2n) is 6.18. The summed E-state index contributed by atoms with van der Waals surface area (Å²) >= 11 is 7.05. The van der Waals surface area contributed by atoms with Gasteiger partial charge in [-0.15, -0.1) is 5.10 Å². The van der Waals surface area contributed by atoms with E-state index in [1.165, 1.54) is 0 Å². The number of ether oxygens (including phenoxy) is 1. The van der Waals surface area contributed by atoms with E-state index in [0.717, 1.165) is 17.3 Å². The van der Waals surface area contributed by atoms with Crippen molar-refractivity contribution in [3.63, 3.8) is 0 Å². The summed E-state index contributed by atoms with van der Waals surface area (Å²) in [7, 11) is 1.55. The van der Waals surface area contributed by atoms with Crippen molar-refractivity contribution in [3.05, 3.63) is 59.1 Å². The summed E-state index contributed by atoms with van der Waals surface area (Å²) in [5, 5.41) is 14.0. The van der Waals surface area contributed by atoms with E-state index in [4.69, 9.17) is 16.3 Å². The lowest BCUT2D eigenvalue weighted by molar-refractivity contribution is -0.123. The molecule has 0 aliphatic carbocycles. The highest BCUT2D eigenvalue weighted by atomic mass is 35.5. The molecule has 3 rings (SSSR count). The quantitative estimate of drug-likeness (QED) is 0.559. The second-order valence-corrected chi connectivity index (χ2v) is 7.81. The molecular formula is C20H19ClN4O3S. The van der Waals surface area contributed by atoms with Gasteiger partial charge in [0, 0.05) is 23.2 Å². The smallest absolute Gasteiger partial charge is 0.238 e. The Hall–Kier alpha value is -2.84. The van der Waals surface area contributed by atoms with Gasteiger partial charge in [0.15, 0.2) is 5.17 Å². The van der Waals surface area contributed by atoms with Gasteiger partial charge in [0.05, 0.1) is 12.8 Å². The molecule has 2 aromatic rings. The number of nitrogens with one attached hydrogen (secondary N) is 2. The molecule has 7 nitrogen and oxygen atoms in total. The van der Waals surface area contributed by atoms with Crippen LogP contribution in [0.2, 0.25) is 5.02 Å². The van der Waals surface area contributed by atoms with Gasteiger partial charge in [0.2, 0.25) is 11.8 Å². The van der Waals surface area contributed by atoms with E-state index >= 15 is 0 Å². The van der Waals surface area contributed by atoms with Crippen LogP contribution in [0.4, 0.5) is 5.69 Å². The number of thioether (sulfide) groups is 1. The molecule has 2 aromatic carbocycles. The third-order valence-electron chi connectivity index (χ3n) is 4.05. The molecule has 0 radical (unpaired) electrons. The van der Waals surface area contributed by atoms with Crippen molar-refractivity contribution in [2.24, 2.45) is 10.2 Å². The zero-order valence-corrected chi connectivity index (χ0v) is 17.4. The SMILES string of the molecule is COc1cccc(NC(=O)[C@H]2CC(=O)N/C(=N/N=C(/C)c3ccc(Cl)cc3)S2)c1. The van der Waals surface area contributed by atoms with Gasteiger partial charge >= 0.3 is 0 Å². The van der Waals surface area contributed by atoms with Crippen LogP contribution in [-0.4, -0.2) is 35.1 Å². The third-order valence-corrected chi connectivity index (χ3v) is 5.38. The molecule has 1 atom stereocenters. The van der Waals surface area contributed by atoms with Gasteiger partial charge < -0.3 is 15.4 Å². The lowest BCUT2D eigenvalue weighted by Crippen LogP contribution is -2.41. The molecule has 1 heterocycles. The Morgan fingerprint density at radius 3 is 2.76 bits per heavy atom. The van der Waals surface area contributed by atoms with Gasteiger partial charge in [0.1, 0.15) is 11.0 Å². The van der Waals surface area contributed by atoms with Gasteiger partial charge in [-0.3, -0.25) is 9.59 Å². The van der Waals surface area contributed by atoms with Crippen molar-refractivity contribution in [1.82, 2.24) is 5.32 Å². The minimum absolute atomic E-state index is 0.0549. The number of amidine groups is 1. The highest BCUT2D eigenvalue weighted by Crippen LogP contribution is 2.24. The van der Waals surface area contributed by atoms with E-state index < -0.39 is 5.25 Å². The molecule has 150 valence electrons. The van der Waals surface area contributed by atoms with E-state index in [2.05, 4.69) is 20.8 Å². The highest BCUT2D eigenvalue weighted by Gasteiger charge is 2.30. The van der Waals surface area contributed by atoms with Crippen LogP contribution >= 0.6 is 23.4 Å². The number of carbonyl (C=O) groups excluding carboxylic acids is 2. The molecule has 0 bridgehead atoms. The first-order valence-electron chi connectivity index (χ1n) is 8.74. The fourth-order valence-electron chi connectivity index (χ4n) is 2.53. The fourth-order valence-corrected chi connectivity index (χ4v) is 3.59. The average Bonchev–Trinajstić information content (AvgIpc) is 2.72. The first-order valence-corrected chi connectivity index (χ1v) is 10.00. The Morgan fingerprint density at radius 1 is 1.28 bits per heavy atom. The number of rotatable bonds is 5. The highest BCUT2D eigenvalue weighted by molar-refractivity contribution is 8.15. The molecule has 0 unspecified atom stereocenters. The molecule has 0 aromatic heterocycles. The fraction of sp³-hybridized carbons (Fsp3) is 0.200. The molecule has 0 spiro atoms. The summed E-state index contributed by atoms with van der Waals surface area (Å²) < 4.78 is 5.15. The minimum Gasteiger partial charge on any atom is -0.497 e. The van der Waals surface area contributed by atoms with Gasteiger partial charge in [0.25, 0.3) is 0 Å². The number of benzene rings is 2. The summed E-state index contributed by atoms with van der Waals surface area (Å²) in [6.07, 6.45) is 0.0549. The molecule has 9 heteroatoms. The molecule has 1 aliphatic heterocycles. The molecule has 0 saturated carbocycles. The number of methoxy groups -OCH3 is 1. The standard InChI is InChI=1S/C20H19ClN4O3S/c1-12(13-6-8-14(21)9-7-13)24-25-20-23-18(26)11-17(29-20)19(27)22-15-4-3-5-16(10-15)28-2/h3-10,17H,11H2,1-2H3,(H,22,27)(H,23,25,26)/b24-12-/t17-/m1/s1. The van der Waals surface area contributed by atoms with E-state index in [0.29, 0.717) is 22.2 Å². The number of halogens is 1. The van der Waals surface area contributed by atoms with E-state index in [-0.39, 0.29) is 23.4 Å². The van der Waals surface area contributed by atoms with Crippen molar-refractivity contribution in [1.29, 1.82) is 0 Å². The van der Waals surface area contributed by atoms with Crippen molar-refractivity contribution in [3.8, 4) is 5.75 Å². The Balaban J connectivity index is 1.69. The first-order chi connectivity index (χ1) is 13.9. The van der Waals surface area contributed by atoms with Crippen LogP contribution < -0.4 is 15.4 Å². The zero-order valence-electron chi connectivity index (χ0n) is 15.8. The second kappa shape index (κ2) is 9.58. The summed E-state index contributed by atoms with van der Waals surface area (Å²) in [6, 6.07) is 14.2. The summed E-state index contributed by atoms with van der Waals surface area (Å²) in [6.45, 7) is 1.80. The third kappa shape index (κ3) is 5.82. The Morgan fingerprint density at radius 2 is 2.03 bits per heavy atom. The number of hydrogen-bond donors (Lipinski definition) is 2. The average molecular weight is 431 g/mol. The number of amides is 2. The van der Waals surface area contributed by atoms with Crippen molar-refractivity contribution >= 4 is 51.7 Å². The monoisotopic (exact) mass is 430 g/mol. The van der Waals surface area contributed by atoms with E-state index in [9.17, 15) is 9.59 Å². The van der Waals surface area contributed by atoms with Gasteiger partial charge in [-0.2, -0.15) is 5.10 Å². The Bertz CT molecular complexity index is 976. The van der Waals surface area contributed by atoms with Crippen molar-refractivity contribution in [2.45, 2.75) is 18.6 Å². The number of anilines is 1. The summed E-state index contributed by atoms with van der Waals surface area (Å²) in [4.78, 5) is 24.6. The Labute approximate surface area is 177 Å². The maximum atomic E-state index is 12.6. The molecule has 2 amide bonds. The van der Waals surface area contributed by atoms with Crippen LogP contribution in [0.25, 0.3) is 0 Å². The van der Waals surface area contributed by atoms with Crippen LogP contribution in [0.15, 0.2) is 58.7 Å². The predicted octanol–water partition coefficient (Wildman–Crippen LogP) is 3.69. The van der Waals surface area contributed by atoms with Gasteiger partial charge in [-0.1, -0.05) is 41.6 Å². The normalized spacial score (nSPS) is 18.3. The van der Waals surface area contributed by atoms with Crippen molar-refractivity contribution in [2.75, 3.05) is 12.4 Å². The topological polar surface area (TPSA) is 92.1 Å². The van der Waals surface area contributed by atoms with Crippen LogP contribution in [0.1, 0.15) is 18.9 Å². The number of hydrogen-bond acceptors (Lipinski definition) is 6. The zero-order chi connectivity index (χ0) is 20.8. The lowest BCUT2D eigenvalue weighted by Gasteiger charge is -2.21. The van der Waals surface area contributed by atoms with E-state index in [1.807, 2.05) is 12.1 Å². The summed E-state index contributed by atoms with van der Waals surface area (Å²) in [5.41, 5.74) is 2.11. The van der Waals surface area contributed by atoms with E-state index in [1.54, 1.807) is 50.4 Å². The molecule has 2 N–H and O–H groups in total. The number of carbonyl (C=O) groups is 2. The lowest BCUT2D eigenvalue weighted by atomic mass is 10.1. The molecule has 29 heavy (non-hydrogen) atoms. The van der Waals surface area contributed by atoms with Crippen LogP contribution in [0.3, 0.4) is 0 Å². The van der Waals surface area contributed by atoms with Gasteiger partial charge in [-0.05, 0) is 36.8 Å². The predicted molar refractivity (Wildman–Crippen MR) is 117 cm³/mol. The maximum absolute atomic E-state index is 12.6. The van der Waals surface area contributed by atoms with Crippen LogP contribution in [0.5, 0.6) is 5.75 Å². The van der Waals surface area contributed by atoms with Crippen molar-refractivity contribution < 1.29 is 14.3 Å². The minimum atomic E-state index is -0.611. The van der Waals surface area contributed by atoms with Crippen LogP contribution in [-0.2, 0) is 9.59 Å². The molecular weight excluding hydrogens is 412 g/mol. The molecule has 1 fully saturated rings. The van der Waals surface area contributed by atoms with Crippen LogP contribution in [0, 0.1) is 0 Å². The maximum Gasteiger partial charge on any atom is 0.238 e. The number of nitrogens with zero attached hydrogens (tertiary/aromatic N) is 2. The summed E-state index contributed by atoms with van der Waals surface area (Å²) in [5.74, 6) is 0.0583. The molecule has 1 aliphatic rings. The Kier molecular flexibility index (Phi) is 6.90. The molecule has 1 saturated heterocycles. The first kappa shape index (κ1) is 20.9. The van der Waals surface area contributed by atoms with Gasteiger partial charge in [-0.25, -0.2) is 0 Å². The largest absolute Gasteiger partial charge is 0.497 e.